The average Bonchev–Trinajstić information content (AvgIpc) is 2.81. The van der Waals surface area contributed by atoms with Crippen LogP contribution in [0.1, 0.15) is 41.7 Å². The molecule has 1 unspecified atom stereocenters. The number of hydrogen-bond donors (Lipinski definition) is 1. The van der Waals surface area contributed by atoms with Gasteiger partial charge < -0.3 is 10.2 Å². The van der Waals surface area contributed by atoms with Gasteiger partial charge >= 0.3 is 0 Å². The molecule has 0 aliphatic carbocycles. The Balaban J connectivity index is 2.00. The van der Waals surface area contributed by atoms with Crippen LogP contribution < -0.4 is 5.32 Å². The lowest BCUT2D eigenvalue weighted by Crippen LogP contribution is -2.51. The maximum absolute atomic E-state index is 13.9. The number of nitrogens with one attached hydrogen (secondary N) is 1. The second kappa shape index (κ2) is 12.9. The van der Waals surface area contributed by atoms with Gasteiger partial charge in [-0.2, -0.15) is 0 Å². The molecule has 0 bridgehead atoms. The van der Waals surface area contributed by atoms with Crippen molar-refractivity contribution in [1.82, 2.24) is 10.2 Å². The Bertz CT molecular complexity index is 1170. The molecule has 4 nitrogen and oxygen atoms in total. The summed E-state index contributed by atoms with van der Waals surface area (Å²) in [7, 11) is 0. The first-order chi connectivity index (χ1) is 17.1. The number of amides is 2. The first-order valence-corrected chi connectivity index (χ1v) is 13.0. The van der Waals surface area contributed by atoms with Crippen LogP contribution in [0.25, 0.3) is 0 Å². The zero-order valence-electron chi connectivity index (χ0n) is 21.4. The van der Waals surface area contributed by atoms with Crippen LogP contribution in [0.3, 0.4) is 0 Å². The second-order valence-electron chi connectivity index (χ2n) is 9.77. The third-order valence-corrected chi connectivity index (χ3v) is 6.54. The lowest BCUT2D eigenvalue weighted by atomic mass is 10.00. The summed E-state index contributed by atoms with van der Waals surface area (Å²) in [4.78, 5) is 29.1. The van der Waals surface area contributed by atoms with E-state index in [0.29, 0.717) is 23.0 Å². The van der Waals surface area contributed by atoms with Crippen molar-refractivity contribution in [2.75, 3.05) is 6.54 Å². The summed E-state index contributed by atoms with van der Waals surface area (Å²) in [5.41, 5.74) is 4.84. The molecule has 0 saturated heterocycles. The average molecular weight is 526 g/mol. The predicted octanol–water partition coefficient (Wildman–Crippen LogP) is 6.57. The lowest BCUT2D eigenvalue weighted by molar-refractivity contribution is -0.140. The van der Waals surface area contributed by atoms with Crippen molar-refractivity contribution in [1.29, 1.82) is 0 Å². The summed E-state index contributed by atoms with van der Waals surface area (Å²) in [6, 6.07) is 20.4. The highest BCUT2D eigenvalue weighted by molar-refractivity contribution is 6.35. The van der Waals surface area contributed by atoms with Crippen molar-refractivity contribution in [3.05, 3.63) is 105 Å². The quantitative estimate of drug-likeness (QED) is 0.326. The maximum atomic E-state index is 13.9. The van der Waals surface area contributed by atoms with Gasteiger partial charge in [0.25, 0.3) is 0 Å². The van der Waals surface area contributed by atoms with E-state index in [1.807, 2.05) is 76.2 Å². The summed E-state index contributed by atoms with van der Waals surface area (Å²) in [6.45, 7) is 8.86. The molecule has 2 amide bonds. The Kier molecular flexibility index (Phi) is 9.98. The molecule has 3 rings (SSSR count). The number of halogens is 2. The van der Waals surface area contributed by atoms with E-state index in [1.54, 1.807) is 17.0 Å². The van der Waals surface area contributed by atoms with Crippen molar-refractivity contribution in [3.63, 3.8) is 0 Å². The zero-order chi connectivity index (χ0) is 26.2. The fourth-order valence-electron chi connectivity index (χ4n) is 4.26. The summed E-state index contributed by atoms with van der Waals surface area (Å²) in [5, 5.41) is 4.03. The Hall–Kier alpha value is -2.82. The van der Waals surface area contributed by atoms with Crippen molar-refractivity contribution in [2.24, 2.45) is 5.92 Å². The van der Waals surface area contributed by atoms with E-state index in [-0.39, 0.29) is 30.7 Å². The van der Waals surface area contributed by atoms with E-state index in [1.165, 1.54) is 0 Å². The maximum Gasteiger partial charge on any atom is 0.243 e. The molecule has 1 N–H and O–H groups in total. The molecule has 0 spiro atoms. The van der Waals surface area contributed by atoms with Crippen molar-refractivity contribution < 1.29 is 9.59 Å². The van der Waals surface area contributed by atoms with E-state index in [4.69, 9.17) is 23.2 Å². The molecule has 0 saturated carbocycles. The first kappa shape index (κ1) is 27.8. The van der Waals surface area contributed by atoms with Gasteiger partial charge in [0.2, 0.25) is 11.8 Å². The van der Waals surface area contributed by atoms with Gasteiger partial charge in [-0.05, 0) is 48.6 Å². The van der Waals surface area contributed by atoms with Gasteiger partial charge in [-0.25, -0.2) is 0 Å². The Morgan fingerprint density at radius 1 is 0.889 bits per heavy atom. The van der Waals surface area contributed by atoms with Crippen LogP contribution in [0.4, 0.5) is 0 Å². The molecule has 0 fully saturated rings. The minimum Gasteiger partial charge on any atom is -0.354 e. The minimum absolute atomic E-state index is 0.133. The van der Waals surface area contributed by atoms with Crippen molar-refractivity contribution in [3.8, 4) is 0 Å². The fraction of sp³-hybridized carbons (Fsp3) is 0.333. The van der Waals surface area contributed by atoms with Crippen LogP contribution in [-0.4, -0.2) is 29.3 Å². The summed E-state index contributed by atoms with van der Waals surface area (Å²) in [6.07, 6.45) is 0.588. The largest absolute Gasteiger partial charge is 0.354 e. The molecule has 0 aliphatic heterocycles. The number of rotatable bonds is 10. The number of nitrogens with zero attached hydrogens (tertiary/aromatic N) is 1. The highest BCUT2D eigenvalue weighted by Crippen LogP contribution is 2.25. The monoisotopic (exact) mass is 524 g/mol. The molecular formula is C30H34Cl2N2O2. The molecule has 0 aromatic heterocycles. The van der Waals surface area contributed by atoms with Crippen LogP contribution in [0, 0.1) is 19.8 Å². The number of hydrogen-bond acceptors (Lipinski definition) is 2. The number of aryl methyl sites for hydroxylation is 2. The molecule has 0 radical (unpaired) electrons. The van der Waals surface area contributed by atoms with E-state index in [0.717, 1.165) is 27.8 Å². The summed E-state index contributed by atoms with van der Waals surface area (Å²) < 4.78 is 0. The van der Waals surface area contributed by atoms with Crippen LogP contribution in [0.2, 0.25) is 10.0 Å². The van der Waals surface area contributed by atoms with Gasteiger partial charge in [0, 0.05) is 29.6 Å². The lowest BCUT2D eigenvalue weighted by Gasteiger charge is -2.32. The molecule has 1 atom stereocenters. The molecule has 3 aromatic carbocycles. The van der Waals surface area contributed by atoms with Crippen LogP contribution in [0.15, 0.2) is 66.7 Å². The highest BCUT2D eigenvalue weighted by atomic mass is 35.5. The molecule has 6 heteroatoms. The molecule has 0 heterocycles. The zero-order valence-corrected chi connectivity index (χ0v) is 22.9. The van der Waals surface area contributed by atoms with Gasteiger partial charge in [-0.15, -0.1) is 0 Å². The summed E-state index contributed by atoms with van der Waals surface area (Å²) in [5.74, 6) is -0.0190. The number of carbonyl (C=O) groups is 2. The van der Waals surface area contributed by atoms with Crippen LogP contribution in [-0.2, 0) is 29.0 Å². The standard InChI is InChI=1S/C30H34Cl2N2O2/c1-20(2)18-33-30(36)28(15-23-8-6-5-7-9-23)34(19-25-10-11-26(31)17-27(25)32)29(35)16-24-13-21(3)12-22(4)14-24/h5-14,17,20,28H,15-16,18-19H2,1-4H3,(H,33,36). The Labute approximate surface area is 224 Å². The van der Waals surface area contributed by atoms with E-state index in [2.05, 4.69) is 11.4 Å². The van der Waals surface area contributed by atoms with Gasteiger partial charge in [0.1, 0.15) is 6.04 Å². The van der Waals surface area contributed by atoms with Crippen molar-refractivity contribution >= 4 is 35.0 Å². The van der Waals surface area contributed by atoms with Crippen LogP contribution >= 0.6 is 23.2 Å². The third kappa shape index (κ3) is 8.11. The highest BCUT2D eigenvalue weighted by Gasteiger charge is 2.31. The molecular weight excluding hydrogens is 491 g/mol. The topological polar surface area (TPSA) is 49.4 Å². The molecule has 3 aromatic rings. The fourth-order valence-corrected chi connectivity index (χ4v) is 4.73. The van der Waals surface area contributed by atoms with Gasteiger partial charge in [0.15, 0.2) is 0 Å². The van der Waals surface area contributed by atoms with Crippen molar-refractivity contribution in [2.45, 2.75) is 53.1 Å². The smallest absolute Gasteiger partial charge is 0.243 e. The van der Waals surface area contributed by atoms with E-state index < -0.39 is 6.04 Å². The minimum atomic E-state index is -0.698. The number of benzene rings is 3. The molecule has 36 heavy (non-hydrogen) atoms. The number of carbonyl (C=O) groups excluding carboxylic acids is 2. The SMILES string of the molecule is Cc1cc(C)cc(CC(=O)N(Cc2ccc(Cl)cc2Cl)C(Cc2ccccc2)C(=O)NCC(C)C)c1. The van der Waals surface area contributed by atoms with Gasteiger partial charge in [-0.3, -0.25) is 9.59 Å². The predicted molar refractivity (Wildman–Crippen MR) is 148 cm³/mol. The summed E-state index contributed by atoms with van der Waals surface area (Å²) >= 11 is 12.6. The van der Waals surface area contributed by atoms with E-state index >= 15 is 0 Å². The molecule has 0 aliphatic rings. The molecule has 190 valence electrons. The third-order valence-electron chi connectivity index (χ3n) is 5.95. The van der Waals surface area contributed by atoms with Gasteiger partial charge in [-0.1, -0.05) is 103 Å². The Morgan fingerprint density at radius 3 is 2.17 bits per heavy atom. The Morgan fingerprint density at radius 2 is 1.56 bits per heavy atom. The first-order valence-electron chi connectivity index (χ1n) is 12.2. The van der Waals surface area contributed by atoms with E-state index in [9.17, 15) is 9.59 Å². The normalized spacial score (nSPS) is 11.9. The van der Waals surface area contributed by atoms with Crippen LogP contribution in [0.5, 0.6) is 0 Å². The second-order valence-corrected chi connectivity index (χ2v) is 10.6. The van der Waals surface area contributed by atoms with Gasteiger partial charge in [0.05, 0.1) is 6.42 Å².